The number of benzene rings is 3. The van der Waals surface area contributed by atoms with Gasteiger partial charge in [-0.2, -0.15) is 0 Å². The first kappa shape index (κ1) is 26.8. The molecule has 0 aliphatic rings. The lowest BCUT2D eigenvalue weighted by atomic mass is 9.97. The van der Waals surface area contributed by atoms with E-state index in [0.717, 1.165) is 16.3 Å². The number of carbonyl (C=O) groups is 3. The maximum Gasteiger partial charge on any atom is 0.305 e. The van der Waals surface area contributed by atoms with Gasteiger partial charge in [-0.25, -0.2) is 18.1 Å². The molecule has 10 nitrogen and oxygen atoms in total. The van der Waals surface area contributed by atoms with Gasteiger partial charge in [-0.3, -0.25) is 15.0 Å². The van der Waals surface area contributed by atoms with Crippen LogP contribution >= 0.6 is 0 Å². The Kier molecular flexibility index (Phi) is 8.75. The van der Waals surface area contributed by atoms with Crippen LogP contribution in [0.25, 0.3) is 10.8 Å². The molecule has 36 heavy (non-hydrogen) atoms. The highest BCUT2D eigenvalue weighted by atomic mass is 32.2. The molecule has 0 heterocycles. The summed E-state index contributed by atoms with van der Waals surface area (Å²) < 4.78 is 33.5. The molecule has 1 unspecified atom stereocenters. The number of ether oxygens (including phenoxy) is 1. The molecule has 1 amide bonds. The molecule has 0 saturated carbocycles. The molecule has 11 heteroatoms. The van der Waals surface area contributed by atoms with Crippen molar-refractivity contribution >= 4 is 39.0 Å². The van der Waals surface area contributed by atoms with Crippen molar-refractivity contribution in [2.24, 2.45) is 0 Å². The fourth-order valence-electron chi connectivity index (χ4n) is 3.67. The van der Waals surface area contributed by atoms with Crippen molar-refractivity contribution in [1.29, 1.82) is 0 Å². The summed E-state index contributed by atoms with van der Waals surface area (Å²) in [7, 11) is -0.767. The van der Waals surface area contributed by atoms with E-state index in [9.17, 15) is 22.8 Å². The number of carboxylic acid groups (broad SMARTS) is 1. The van der Waals surface area contributed by atoms with E-state index in [-0.39, 0.29) is 29.4 Å². The number of para-hydroxylation sites is 1. The van der Waals surface area contributed by atoms with E-state index in [1.54, 1.807) is 31.2 Å². The Balaban J connectivity index is 1.79. The molecule has 0 radical (unpaired) electrons. The zero-order chi connectivity index (χ0) is 26.3. The minimum atomic E-state index is -4.22. The van der Waals surface area contributed by atoms with Gasteiger partial charge in [0.05, 0.1) is 19.1 Å². The first-order chi connectivity index (χ1) is 17.1. The molecule has 0 aromatic heterocycles. The van der Waals surface area contributed by atoms with Gasteiger partial charge in [0.15, 0.2) is 0 Å². The van der Waals surface area contributed by atoms with Crippen LogP contribution in [0.3, 0.4) is 0 Å². The summed E-state index contributed by atoms with van der Waals surface area (Å²) in [5.41, 5.74) is 4.17. The number of fused-ring (bicyclic) bond motifs is 1. The topological polar surface area (TPSA) is 142 Å². The van der Waals surface area contributed by atoms with Gasteiger partial charge in [-0.15, -0.1) is 0 Å². The number of carboxylic acids is 1. The number of aliphatic carboxylic acids is 1. The smallest absolute Gasteiger partial charge is 0.305 e. The summed E-state index contributed by atoms with van der Waals surface area (Å²) in [5.74, 6) is -1.48. The molecule has 0 fully saturated rings. The third kappa shape index (κ3) is 6.66. The lowest BCUT2D eigenvalue weighted by Gasteiger charge is -2.16. The van der Waals surface area contributed by atoms with Crippen molar-refractivity contribution in [1.82, 2.24) is 15.2 Å². The van der Waals surface area contributed by atoms with E-state index >= 15 is 0 Å². The van der Waals surface area contributed by atoms with Crippen LogP contribution < -0.4 is 14.9 Å². The van der Waals surface area contributed by atoms with Crippen LogP contribution in [0, 0.1) is 0 Å². The molecule has 0 aliphatic heterocycles. The first-order valence-corrected chi connectivity index (χ1v) is 12.5. The summed E-state index contributed by atoms with van der Waals surface area (Å²) in [6, 6.07) is 15.5. The van der Waals surface area contributed by atoms with E-state index in [4.69, 9.17) is 9.84 Å². The largest absolute Gasteiger partial charge is 0.492 e. The Morgan fingerprint density at radius 3 is 2.36 bits per heavy atom. The van der Waals surface area contributed by atoms with Gasteiger partial charge in [0.2, 0.25) is 10.0 Å². The van der Waals surface area contributed by atoms with Gasteiger partial charge in [0.1, 0.15) is 16.9 Å². The van der Waals surface area contributed by atoms with Crippen molar-refractivity contribution in [2.45, 2.75) is 23.8 Å². The minimum Gasteiger partial charge on any atom is -0.492 e. The number of hydrazine groups is 1. The number of nitrogens with zero attached hydrogens (tertiary/aromatic N) is 1. The quantitative estimate of drug-likeness (QED) is 0.247. The fourth-order valence-corrected chi connectivity index (χ4v) is 4.99. The van der Waals surface area contributed by atoms with Crippen LogP contribution in [0.2, 0.25) is 0 Å². The molecular weight excluding hydrogens is 486 g/mol. The van der Waals surface area contributed by atoms with Gasteiger partial charge < -0.3 is 14.6 Å². The van der Waals surface area contributed by atoms with Crippen LogP contribution in [-0.2, 0) is 26.0 Å². The Morgan fingerprint density at radius 2 is 1.69 bits per heavy atom. The van der Waals surface area contributed by atoms with Crippen molar-refractivity contribution < 1.29 is 32.6 Å². The average molecular weight is 514 g/mol. The standard InChI is InChI=1S/C25H27N3O7S/c1-28(2)26-25(32)21-12-11-17(19-7-3-4-8-20(19)21)13-14-35-22-9-5-6-10-23(22)36(33,34)27-18(16-29)15-24(30)31/h3-12,16,18,27H,13-15H2,1-2H3,(H,26,32)(H,30,31). The predicted octanol–water partition coefficient (Wildman–Crippen LogP) is 1.99. The third-order valence-corrected chi connectivity index (χ3v) is 6.75. The van der Waals surface area contributed by atoms with Crippen molar-refractivity contribution in [3.63, 3.8) is 0 Å². The van der Waals surface area contributed by atoms with E-state index in [2.05, 4.69) is 10.1 Å². The normalized spacial score (nSPS) is 12.3. The molecular formula is C25H27N3O7S. The van der Waals surface area contributed by atoms with Crippen LogP contribution in [-0.4, -0.2) is 63.4 Å². The maximum absolute atomic E-state index is 12.8. The van der Waals surface area contributed by atoms with Gasteiger partial charge >= 0.3 is 5.97 Å². The Bertz CT molecular complexity index is 1370. The molecule has 0 bridgehead atoms. The van der Waals surface area contributed by atoms with E-state index < -0.39 is 28.5 Å². The number of carbonyl (C=O) groups excluding carboxylic acids is 2. The predicted molar refractivity (Wildman–Crippen MR) is 133 cm³/mol. The lowest BCUT2D eigenvalue weighted by Crippen LogP contribution is -2.37. The first-order valence-electron chi connectivity index (χ1n) is 11.0. The molecule has 1 atom stereocenters. The van der Waals surface area contributed by atoms with Crippen LogP contribution in [0.4, 0.5) is 0 Å². The fraction of sp³-hybridized carbons (Fsp3) is 0.240. The van der Waals surface area contributed by atoms with Crippen LogP contribution in [0.5, 0.6) is 5.75 Å². The highest BCUT2D eigenvalue weighted by Gasteiger charge is 2.25. The molecule has 0 saturated heterocycles. The number of rotatable bonds is 12. The number of aldehydes is 1. The monoisotopic (exact) mass is 513 g/mol. The molecule has 0 spiro atoms. The second kappa shape index (κ2) is 11.8. The van der Waals surface area contributed by atoms with Crippen molar-refractivity contribution in [3.8, 4) is 5.75 Å². The highest BCUT2D eigenvalue weighted by molar-refractivity contribution is 7.89. The lowest BCUT2D eigenvalue weighted by molar-refractivity contribution is -0.138. The van der Waals surface area contributed by atoms with Gasteiger partial charge in [-0.1, -0.05) is 42.5 Å². The van der Waals surface area contributed by atoms with Crippen LogP contribution in [0.1, 0.15) is 22.3 Å². The molecule has 3 N–H and O–H groups in total. The Morgan fingerprint density at radius 1 is 1.03 bits per heavy atom. The summed E-state index contributed by atoms with van der Waals surface area (Å²) in [6.45, 7) is 0.131. The number of nitrogens with one attached hydrogen (secondary N) is 2. The number of hydrogen-bond acceptors (Lipinski definition) is 7. The zero-order valence-corrected chi connectivity index (χ0v) is 20.6. The summed E-state index contributed by atoms with van der Waals surface area (Å²) in [5, 5.41) is 12.1. The number of hydrogen-bond donors (Lipinski definition) is 3. The molecule has 3 aromatic rings. The maximum atomic E-state index is 12.8. The highest BCUT2D eigenvalue weighted by Crippen LogP contribution is 2.26. The number of amides is 1. The zero-order valence-electron chi connectivity index (χ0n) is 19.8. The molecule has 3 aromatic carbocycles. The third-order valence-electron chi connectivity index (χ3n) is 5.22. The number of sulfonamides is 1. The summed E-state index contributed by atoms with van der Waals surface area (Å²) in [4.78, 5) is 34.4. The summed E-state index contributed by atoms with van der Waals surface area (Å²) in [6.07, 6.45) is -0.0159. The van der Waals surface area contributed by atoms with Gasteiger partial charge in [0.25, 0.3) is 5.91 Å². The van der Waals surface area contributed by atoms with Crippen molar-refractivity contribution in [3.05, 3.63) is 71.8 Å². The summed E-state index contributed by atoms with van der Waals surface area (Å²) >= 11 is 0. The van der Waals surface area contributed by atoms with E-state index in [1.165, 1.54) is 18.2 Å². The Hall–Kier alpha value is -3.80. The van der Waals surface area contributed by atoms with Gasteiger partial charge in [0, 0.05) is 26.1 Å². The second-order valence-electron chi connectivity index (χ2n) is 8.16. The molecule has 190 valence electrons. The van der Waals surface area contributed by atoms with E-state index in [0.29, 0.717) is 12.0 Å². The minimum absolute atomic E-state index is 0.0660. The second-order valence-corrected chi connectivity index (χ2v) is 9.84. The molecule has 0 aliphatic carbocycles. The SMILES string of the molecule is CN(C)NC(=O)c1ccc(CCOc2ccccc2S(=O)(=O)NC(C=O)CC(=O)O)c2ccccc12. The van der Waals surface area contributed by atoms with E-state index in [1.807, 2.05) is 30.3 Å². The van der Waals surface area contributed by atoms with Gasteiger partial charge in [-0.05, 0) is 34.5 Å². The Labute approximate surface area is 208 Å². The van der Waals surface area contributed by atoms with Crippen LogP contribution in [0.15, 0.2) is 65.6 Å². The molecule has 3 rings (SSSR count). The average Bonchev–Trinajstić information content (AvgIpc) is 2.83. The van der Waals surface area contributed by atoms with Crippen molar-refractivity contribution in [2.75, 3.05) is 20.7 Å².